The Kier molecular flexibility index (Phi) is 8.48. The van der Waals surface area contributed by atoms with Gasteiger partial charge in [0.2, 0.25) is 5.78 Å². The van der Waals surface area contributed by atoms with E-state index in [2.05, 4.69) is 15.6 Å². The lowest BCUT2D eigenvalue weighted by Gasteiger charge is -2.19. The predicted molar refractivity (Wildman–Crippen MR) is 135 cm³/mol. The van der Waals surface area contributed by atoms with Crippen molar-refractivity contribution in [2.45, 2.75) is 39.4 Å². The van der Waals surface area contributed by atoms with E-state index in [1.165, 1.54) is 11.3 Å². The van der Waals surface area contributed by atoms with E-state index in [9.17, 15) is 9.59 Å². The number of nitrogens with zero attached hydrogens (tertiary/aromatic N) is 1. The van der Waals surface area contributed by atoms with Gasteiger partial charge >= 0.3 is 6.09 Å². The number of nitrogen functional groups attached to an aromatic ring is 1. The molecule has 1 amide bonds. The summed E-state index contributed by atoms with van der Waals surface area (Å²) in [6, 6.07) is 16.8. The fourth-order valence-corrected chi connectivity index (χ4v) is 3.83. The van der Waals surface area contributed by atoms with Crippen LogP contribution in [0.1, 0.15) is 48.0 Å². The predicted octanol–water partition coefficient (Wildman–Crippen LogP) is 4.86. The van der Waals surface area contributed by atoms with Crippen LogP contribution in [0.5, 0.6) is 5.75 Å². The minimum atomic E-state index is -0.531. The molecule has 0 atom stereocenters. The van der Waals surface area contributed by atoms with E-state index in [-0.39, 0.29) is 11.6 Å². The molecule has 3 aromatic rings. The number of carbonyl (C=O) groups is 2. The molecular weight excluding hydrogens is 452 g/mol. The van der Waals surface area contributed by atoms with Crippen LogP contribution in [0, 0.1) is 0 Å². The summed E-state index contributed by atoms with van der Waals surface area (Å²) in [5.41, 5.74) is 7.01. The smallest absolute Gasteiger partial charge is 0.407 e. The number of carbonyl (C=O) groups excluding carboxylic acids is 2. The Balaban J connectivity index is 1.51. The molecule has 0 aliphatic rings. The third-order valence-electron chi connectivity index (χ3n) is 4.50. The van der Waals surface area contributed by atoms with Crippen molar-refractivity contribution in [1.29, 1.82) is 0 Å². The van der Waals surface area contributed by atoms with Crippen LogP contribution in [0.25, 0.3) is 0 Å². The molecule has 0 saturated heterocycles. The summed E-state index contributed by atoms with van der Waals surface area (Å²) in [6.45, 7) is 6.86. The average molecular weight is 483 g/mol. The molecule has 3 rings (SSSR count). The number of ketones is 1. The van der Waals surface area contributed by atoms with Crippen LogP contribution in [-0.2, 0) is 11.3 Å². The van der Waals surface area contributed by atoms with Gasteiger partial charge < -0.3 is 25.8 Å². The Labute approximate surface area is 203 Å². The summed E-state index contributed by atoms with van der Waals surface area (Å²) in [7, 11) is 0. The monoisotopic (exact) mass is 482 g/mol. The van der Waals surface area contributed by atoms with E-state index in [1.807, 2.05) is 57.2 Å². The van der Waals surface area contributed by atoms with E-state index in [1.54, 1.807) is 18.2 Å². The second-order valence-electron chi connectivity index (χ2n) is 8.57. The summed E-state index contributed by atoms with van der Waals surface area (Å²) in [5, 5.41) is 6.39. The highest BCUT2D eigenvalue weighted by Crippen LogP contribution is 2.28. The maximum atomic E-state index is 13.0. The molecule has 0 aliphatic carbocycles. The number of thiazole rings is 1. The number of nitrogens with two attached hydrogens (primary N) is 1. The van der Waals surface area contributed by atoms with Crippen molar-refractivity contribution in [1.82, 2.24) is 10.3 Å². The Morgan fingerprint density at radius 1 is 1.06 bits per heavy atom. The van der Waals surface area contributed by atoms with Gasteiger partial charge in [0.15, 0.2) is 5.13 Å². The van der Waals surface area contributed by atoms with Gasteiger partial charge in [-0.2, -0.15) is 0 Å². The van der Waals surface area contributed by atoms with Crippen LogP contribution in [-0.4, -0.2) is 35.6 Å². The molecule has 4 N–H and O–H groups in total. The standard InChI is InChI=1S/C25H30N4O4S/c1-25(2,3)33-24(31)28-14-8-13-27-23-29-22(26)21(34-23)20(30)18-11-7-12-19(15-18)32-16-17-9-5-4-6-10-17/h4-7,9-12,15H,8,13-14,16,26H2,1-3H3,(H,27,29)(H,28,31). The number of benzene rings is 2. The number of anilines is 2. The molecule has 2 aromatic carbocycles. The highest BCUT2D eigenvalue weighted by molar-refractivity contribution is 7.18. The lowest BCUT2D eigenvalue weighted by molar-refractivity contribution is 0.0527. The molecule has 0 radical (unpaired) electrons. The maximum absolute atomic E-state index is 13.0. The van der Waals surface area contributed by atoms with Gasteiger partial charge in [0.25, 0.3) is 0 Å². The average Bonchev–Trinajstić information content (AvgIpc) is 3.17. The topological polar surface area (TPSA) is 116 Å². The van der Waals surface area contributed by atoms with Crippen molar-refractivity contribution < 1.29 is 19.1 Å². The van der Waals surface area contributed by atoms with Crippen LogP contribution in [0.2, 0.25) is 0 Å². The fourth-order valence-electron chi connectivity index (χ4n) is 2.96. The SMILES string of the molecule is CC(C)(C)OC(=O)NCCCNc1nc(N)c(C(=O)c2cccc(OCc3ccccc3)c2)s1. The molecule has 0 aliphatic heterocycles. The molecule has 0 spiro atoms. The highest BCUT2D eigenvalue weighted by atomic mass is 32.1. The van der Waals surface area contributed by atoms with Crippen LogP contribution in [0.15, 0.2) is 54.6 Å². The molecule has 0 saturated carbocycles. The number of nitrogens with one attached hydrogen (secondary N) is 2. The molecule has 0 fully saturated rings. The van der Waals surface area contributed by atoms with Crippen LogP contribution in [0.3, 0.4) is 0 Å². The first-order chi connectivity index (χ1) is 16.2. The molecular formula is C25H30N4O4S. The van der Waals surface area contributed by atoms with Crippen molar-refractivity contribution in [3.63, 3.8) is 0 Å². The first kappa shape index (κ1) is 25.0. The maximum Gasteiger partial charge on any atom is 0.407 e. The van der Waals surface area contributed by atoms with E-state index >= 15 is 0 Å². The van der Waals surface area contributed by atoms with Gasteiger partial charge in [-0.05, 0) is 44.9 Å². The van der Waals surface area contributed by atoms with Crippen molar-refractivity contribution in [3.05, 3.63) is 70.6 Å². The van der Waals surface area contributed by atoms with E-state index in [0.29, 0.717) is 47.4 Å². The normalized spacial score (nSPS) is 11.0. The molecule has 1 heterocycles. The first-order valence-electron chi connectivity index (χ1n) is 11.0. The van der Waals surface area contributed by atoms with E-state index in [4.69, 9.17) is 15.2 Å². The van der Waals surface area contributed by atoms with Gasteiger partial charge in [-0.1, -0.05) is 53.8 Å². The number of hydrogen-bond donors (Lipinski definition) is 3. The molecule has 180 valence electrons. The molecule has 1 aromatic heterocycles. The van der Waals surface area contributed by atoms with Crippen molar-refractivity contribution in [2.75, 3.05) is 24.1 Å². The van der Waals surface area contributed by atoms with Gasteiger partial charge in [-0.3, -0.25) is 4.79 Å². The zero-order chi connectivity index (χ0) is 24.6. The van der Waals surface area contributed by atoms with E-state index < -0.39 is 11.7 Å². The number of ether oxygens (including phenoxy) is 2. The summed E-state index contributed by atoms with van der Waals surface area (Å²) < 4.78 is 11.0. The van der Waals surface area contributed by atoms with Gasteiger partial charge in [0.05, 0.1) is 0 Å². The van der Waals surface area contributed by atoms with Gasteiger partial charge in [-0.15, -0.1) is 0 Å². The largest absolute Gasteiger partial charge is 0.489 e. The lowest BCUT2D eigenvalue weighted by atomic mass is 10.1. The summed E-state index contributed by atoms with van der Waals surface area (Å²) in [5.74, 6) is 0.577. The van der Waals surface area contributed by atoms with Crippen LogP contribution >= 0.6 is 11.3 Å². The fraction of sp³-hybridized carbons (Fsp3) is 0.320. The van der Waals surface area contributed by atoms with Gasteiger partial charge in [-0.25, -0.2) is 9.78 Å². The van der Waals surface area contributed by atoms with Crippen molar-refractivity contribution in [3.8, 4) is 5.75 Å². The number of hydrogen-bond acceptors (Lipinski definition) is 8. The molecule has 0 unspecified atom stereocenters. The summed E-state index contributed by atoms with van der Waals surface area (Å²) >= 11 is 1.20. The highest BCUT2D eigenvalue weighted by Gasteiger charge is 2.19. The molecule has 8 nitrogen and oxygen atoms in total. The minimum Gasteiger partial charge on any atom is -0.489 e. The molecule has 0 bridgehead atoms. The molecule has 34 heavy (non-hydrogen) atoms. The van der Waals surface area contributed by atoms with Crippen molar-refractivity contribution in [2.24, 2.45) is 0 Å². The van der Waals surface area contributed by atoms with Crippen molar-refractivity contribution >= 4 is 34.2 Å². The summed E-state index contributed by atoms with van der Waals surface area (Å²) in [4.78, 5) is 29.3. The van der Waals surface area contributed by atoms with E-state index in [0.717, 1.165) is 5.56 Å². The third kappa shape index (κ3) is 7.77. The number of amides is 1. The molecule has 9 heteroatoms. The Morgan fingerprint density at radius 2 is 1.82 bits per heavy atom. The zero-order valence-corrected chi connectivity index (χ0v) is 20.4. The Bertz CT molecular complexity index is 1110. The number of alkyl carbamates (subject to hydrolysis) is 1. The zero-order valence-electron chi connectivity index (χ0n) is 19.6. The summed E-state index contributed by atoms with van der Waals surface area (Å²) in [6.07, 6.45) is 0.205. The quantitative estimate of drug-likeness (QED) is 0.279. The van der Waals surface area contributed by atoms with Gasteiger partial charge in [0.1, 0.15) is 28.7 Å². The van der Waals surface area contributed by atoms with Gasteiger partial charge in [0, 0.05) is 18.7 Å². The van der Waals surface area contributed by atoms with Crippen LogP contribution < -0.4 is 21.1 Å². The second kappa shape index (κ2) is 11.5. The Morgan fingerprint density at radius 3 is 2.56 bits per heavy atom. The lowest BCUT2D eigenvalue weighted by Crippen LogP contribution is -2.33. The minimum absolute atomic E-state index is 0.181. The van der Waals surface area contributed by atoms with Crippen LogP contribution in [0.4, 0.5) is 15.7 Å². The third-order valence-corrected chi connectivity index (χ3v) is 5.53. The number of rotatable bonds is 10. The number of aromatic nitrogens is 1. The second-order valence-corrected chi connectivity index (χ2v) is 9.57. The first-order valence-corrected chi connectivity index (χ1v) is 11.8. The Hall–Kier alpha value is -3.59.